The van der Waals surface area contributed by atoms with Gasteiger partial charge in [0, 0.05) is 12.7 Å². The topological polar surface area (TPSA) is 3.24 Å². The largest absolute Gasteiger partial charge is 0.366 e. The highest BCUT2D eigenvalue weighted by molar-refractivity contribution is 5.57. The SMILES string of the molecule is C=CCC1c2ccccc2C=CN1CC=C. The minimum absolute atomic E-state index is 0.400. The van der Waals surface area contributed by atoms with Crippen LogP contribution in [0.5, 0.6) is 0 Å². The molecule has 2 rings (SSSR count). The first-order valence-electron chi connectivity index (χ1n) is 5.61. The van der Waals surface area contributed by atoms with Gasteiger partial charge in [-0.1, -0.05) is 36.4 Å². The normalized spacial score (nSPS) is 18.0. The van der Waals surface area contributed by atoms with E-state index in [0.717, 1.165) is 13.0 Å². The summed E-state index contributed by atoms with van der Waals surface area (Å²) < 4.78 is 0. The van der Waals surface area contributed by atoms with Crippen LogP contribution in [0.25, 0.3) is 6.08 Å². The molecule has 0 aliphatic carbocycles. The molecule has 1 aromatic carbocycles. The molecule has 0 N–H and O–H groups in total. The van der Waals surface area contributed by atoms with Gasteiger partial charge in [0.15, 0.2) is 0 Å². The van der Waals surface area contributed by atoms with Gasteiger partial charge in [-0.3, -0.25) is 0 Å². The van der Waals surface area contributed by atoms with Crippen molar-refractivity contribution in [1.29, 1.82) is 0 Å². The average molecular weight is 211 g/mol. The third kappa shape index (κ3) is 1.94. The first-order valence-corrected chi connectivity index (χ1v) is 5.61. The van der Waals surface area contributed by atoms with E-state index in [1.807, 2.05) is 12.2 Å². The Hall–Kier alpha value is -1.76. The average Bonchev–Trinajstić information content (AvgIpc) is 2.32. The first-order chi connectivity index (χ1) is 7.86. The van der Waals surface area contributed by atoms with Gasteiger partial charge in [-0.05, 0) is 23.6 Å². The van der Waals surface area contributed by atoms with Crippen molar-refractivity contribution in [2.75, 3.05) is 6.54 Å². The molecule has 0 spiro atoms. The Morgan fingerprint density at radius 3 is 2.75 bits per heavy atom. The predicted molar refractivity (Wildman–Crippen MR) is 69.9 cm³/mol. The molecule has 1 aliphatic rings. The molecule has 0 saturated carbocycles. The van der Waals surface area contributed by atoms with E-state index >= 15 is 0 Å². The van der Waals surface area contributed by atoms with Crippen molar-refractivity contribution >= 4 is 6.08 Å². The quantitative estimate of drug-likeness (QED) is 0.685. The lowest BCUT2D eigenvalue weighted by Crippen LogP contribution is -2.26. The molecule has 0 amide bonds. The summed E-state index contributed by atoms with van der Waals surface area (Å²) in [6, 6.07) is 8.94. The van der Waals surface area contributed by atoms with Crippen LogP contribution >= 0.6 is 0 Å². The maximum Gasteiger partial charge on any atom is 0.0580 e. The van der Waals surface area contributed by atoms with Gasteiger partial charge in [0.2, 0.25) is 0 Å². The number of rotatable bonds is 4. The molecule has 1 heterocycles. The van der Waals surface area contributed by atoms with Crippen molar-refractivity contribution in [2.45, 2.75) is 12.5 Å². The van der Waals surface area contributed by atoms with Crippen LogP contribution in [0.15, 0.2) is 55.8 Å². The molecule has 0 fully saturated rings. The Morgan fingerprint density at radius 2 is 2.00 bits per heavy atom. The second-order valence-corrected chi connectivity index (χ2v) is 3.97. The molecular weight excluding hydrogens is 194 g/mol. The number of benzene rings is 1. The Kier molecular flexibility index (Phi) is 3.25. The minimum Gasteiger partial charge on any atom is -0.366 e. The Balaban J connectivity index is 2.36. The molecular formula is C15H17N. The summed E-state index contributed by atoms with van der Waals surface area (Å²) in [5, 5.41) is 0. The van der Waals surface area contributed by atoms with E-state index < -0.39 is 0 Å². The third-order valence-corrected chi connectivity index (χ3v) is 2.93. The van der Waals surface area contributed by atoms with Crippen LogP contribution < -0.4 is 0 Å². The maximum absolute atomic E-state index is 3.85. The lowest BCUT2D eigenvalue weighted by atomic mass is 9.94. The number of nitrogens with zero attached hydrogens (tertiary/aromatic N) is 1. The van der Waals surface area contributed by atoms with E-state index in [2.05, 4.69) is 54.6 Å². The molecule has 0 bridgehead atoms. The summed E-state index contributed by atoms with van der Waals surface area (Å²) >= 11 is 0. The smallest absolute Gasteiger partial charge is 0.0580 e. The fraction of sp³-hybridized carbons (Fsp3) is 0.200. The van der Waals surface area contributed by atoms with Gasteiger partial charge >= 0.3 is 0 Å². The lowest BCUT2D eigenvalue weighted by molar-refractivity contribution is 0.306. The second-order valence-electron chi connectivity index (χ2n) is 3.97. The highest BCUT2D eigenvalue weighted by atomic mass is 15.1. The molecule has 1 heteroatoms. The Morgan fingerprint density at radius 1 is 1.19 bits per heavy atom. The van der Waals surface area contributed by atoms with Crippen molar-refractivity contribution in [1.82, 2.24) is 4.90 Å². The van der Waals surface area contributed by atoms with Gasteiger partial charge in [-0.25, -0.2) is 0 Å². The molecule has 1 nitrogen and oxygen atoms in total. The van der Waals surface area contributed by atoms with Crippen LogP contribution in [0.1, 0.15) is 23.6 Å². The van der Waals surface area contributed by atoms with Crippen LogP contribution in [0.4, 0.5) is 0 Å². The molecule has 0 saturated heterocycles. The summed E-state index contributed by atoms with van der Waals surface area (Å²) in [6.07, 6.45) is 9.21. The monoisotopic (exact) mass is 211 g/mol. The standard InChI is InChI=1S/C15H17N/c1-3-7-15-14-9-6-5-8-13(14)10-12-16(15)11-4-2/h3-6,8-10,12,15H,1-2,7,11H2. The van der Waals surface area contributed by atoms with E-state index in [4.69, 9.17) is 0 Å². The van der Waals surface area contributed by atoms with Gasteiger partial charge in [-0.15, -0.1) is 13.2 Å². The van der Waals surface area contributed by atoms with Crippen LogP contribution in [0.2, 0.25) is 0 Å². The highest BCUT2D eigenvalue weighted by Crippen LogP contribution is 2.32. The third-order valence-electron chi connectivity index (χ3n) is 2.93. The molecule has 1 atom stereocenters. The Bertz CT molecular complexity index is 417. The van der Waals surface area contributed by atoms with Crippen LogP contribution in [0, 0.1) is 0 Å². The molecule has 1 unspecified atom stereocenters. The van der Waals surface area contributed by atoms with Crippen molar-refractivity contribution in [2.24, 2.45) is 0 Å². The van der Waals surface area contributed by atoms with Crippen molar-refractivity contribution in [3.63, 3.8) is 0 Å². The van der Waals surface area contributed by atoms with E-state index in [-0.39, 0.29) is 0 Å². The van der Waals surface area contributed by atoms with E-state index in [9.17, 15) is 0 Å². The zero-order valence-electron chi connectivity index (χ0n) is 9.47. The minimum atomic E-state index is 0.400. The summed E-state index contributed by atoms with van der Waals surface area (Å²) in [6.45, 7) is 8.53. The molecule has 16 heavy (non-hydrogen) atoms. The number of hydrogen-bond donors (Lipinski definition) is 0. The number of fused-ring (bicyclic) bond motifs is 1. The Labute approximate surface area is 97.4 Å². The van der Waals surface area contributed by atoms with Crippen LogP contribution in [0.3, 0.4) is 0 Å². The number of hydrogen-bond acceptors (Lipinski definition) is 1. The van der Waals surface area contributed by atoms with Gasteiger partial charge in [0.1, 0.15) is 0 Å². The van der Waals surface area contributed by atoms with Gasteiger partial charge in [0.05, 0.1) is 6.04 Å². The lowest BCUT2D eigenvalue weighted by Gasteiger charge is -2.33. The highest BCUT2D eigenvalue weighted by Gasteiger charge is 2.20. The molecule has 82 valence electrons. The van der Waals surface area contributed by atoms with Crippen LogP contribution in [-0.2, 0) is 0 Å². The van der Waals surface area contributed by atoms with Gasteiger partial charge in [-0.2, -0.15) is 0 Å². The molecule has 0 radical (unpaired) electrons. The van der Waals surface area contributed by atoms with Crippen molar-refractivity contribution in [3.8, 4) is 0 Å². The maximum atomic E-state index is 3.85. The van der Waals surface area contributed by atoms with Crippen LogP contribution in [-0.4, -0.2) is 11.4 Å². The van der Waals surface area contributed by atoms with Crippen molar-refractivity contribution < 1.29 is 0 Å². The van der Waals surface area contributed by atoms with E-state index in [1.54, 1.807) is 0 Å². The summed E-state index contributed by atoms with van der Waals surface area (Å²) in [7, 11) is 0. The summed E-state index contributed by atoms with van der Waals surface area (Å²) in [5.74, 6) is 0. The molecule has 1 aliphatic heterocycles. The zero-order valence-corrected chi connectivity index (χ0v) is 9.47. The van der Waals surface area contributed by atoms with Gasteiger partial charge in [0.25, 0.3) is 0 Å². The predicted octanol–water partition coefficient (Wildman–Crippen LogP) is 3.78. The van der Waals surface area contributed by atoms with Crippen molar-refractivity contribution in [3.05, 3.63) is 66.9 Å². The van der Waals surface area contributed by atoms with E-state index in [0.29, 0.717) is 6.04 Å². The summed E-state index contributed by atoms with van der Waals surface area (Å²) in [5.41, 5.74) is 2.70. The fourth-order valence-corrected chi connectivity index (χ4v) is 2.18. The summed E-state index contributed by atoms with van der Waals surface area (Å²) in [4.78, 5) is 2.30. The first kappa shape index (κ1) is 10.7. The molecule has 1 aromatic rings. The zero-order chi connectivity index (χ0) is 11.4. The fourth-order valence-electron chi connectivity index (χ4n) is 2.18. The molecule has 0 aromatic heterocycles. The van der Waals surface area contributed by atoms with Gasteiger partial charge < -0.3 is 4.90 Å². The second kappa shape index (κ2) is 4.84. The van der Waals surface area contributed by atoms with E-state index in [1.165, 1.54) is 11.1 Å².